The zero-order valence-corrected chi connectivity index (χ0v) is 14.0. The normalized spacial score (nSPS) is 11.7. The van der Waals surface area contributed by atoms with Crippen molar-refractivity contribution in [3.63, 3.8) is 0 Å². The fourth-order valence-electron chi connectivity index (χ4n) is 2.04. The molecule has 0 aliphatic heterocycles. The van der Waals surface area contributed by atoms with Crippen LogP contribution < -0.4 is 10.0 Å². The second kappa shape index (κ2) is 9.92. The fourth-order valence-corrected chi connectivity index (χ4v) is 3.22. The van der Waals surface area contributed by atoms with E-state index in [0.29, 0.717) is 6.54 Å². The highest BCUT2D eigenvalue weighted by Crippen LogP contribution is 2.08. The first kappa shape index (κ1) is 18.1. The zero-order chi connectivity index (χ0) is 15.6. The molecule has 0 fully saturated rings. The van der Waals surface area contributed by atoms with Gasteiger partial charge in [0.15, 0.2) is 0 Å². The molecule has 0 amide bonds. The largest absolute Gasteiger partial charge is 0.313 e. The molecule has 1 aromatic rings. The van der Waals surface area contributed by atoms with E-state index in [9.17, 15) is 8.42 Å². The van der Waals surface area contributed by atoms with Gasteiger partial charge in [-0.1, -0.05) is 51.0 Å². The molecule has 0 heterocycles. The van der Waals surface area contributed by atoms with Gasteiger partial charge in [0.2, 0.25) is 10.0 Å². The van der Waals surface area contributed by atoms with Gasteiger partial charge in [0.1, 0.15) is 0 Å². The first-order chi connectivity index (χ1) is 10.1. The molecule has 5 heteroatoms. The Morgan fingerprint density at radius 2 is 1.57 bits per heavy atom. The van der Waals surface area contributed by atoms with Gasteiger partial charge in [-0.15, -0.1) is 0 Å². The Kier molecular flexibility index (Phi) is 8.57. The monoisotopic (exact) mass is 312 g/mol. The van der Waals surface area contributed by atoms with Crippen LogP contribution in [-0.2, 0) is 22.3 Å². The number of rotatable bonds is 11. The van der Waals surface area contributed by atoms with Gasteiger partial charge in [-0.05, 0) is 30.5 Å². The van der Waals surface area contributed by atoms with Gasteiger partial charge in [-0.2, -0.15) is 0 Å². The maximum atomic E-state index is 11.9. The smallest absolute Gasteiger partial charge is 0.215 e. The van der Waals surface area contributed by atoms with Crippen LogP contribution in [0.25, 0.3) is 0 Å². The minimum Gasteiger partial charge on any atom is -0.313 e. The Labute approximate surface area is 129 Å². The van der Waals surface area contributed by atoms with E-state index in [2.05, 4.69) is 23.9 Å². The average Bonchev–Trinajstić information content (AvgIpc) is 2.45. The summed E-state index contributed by atoms with van der Waals surface area (Å²) in [7, 11) is -3.21. The highest BCUT2D eigenvalue weighted by molar-refractivity contribution is 7.88. The van der Waals surface area contributed by atoms with Gasteiger partial charge in [-0.25, -0.2) is 13.1 Å². The van der Waals surface area contributed by atoms with Gasteiger partial charge >= 0.3 is 0 Å². The van der Waals surface area contributed by atoms with E-state index < -0.39 is 10.0 Å². The summed E-state index contributed by atoms with van der Waals surface area (Å²) >= 11 is 0. The molecule has 0 spiro atoms. The van der Waals surface area contributed by atoms with Crippen LogP contribution in [0.2, 0.25) is 0 Å². The molecule has 2 N–H and O–H groups in total. The van der Waals surface area contributed by atoms with Gasteiger partial charge < -0.3 is 5.32 Å². The van der Waals surface area contributed by atoms with Gasteiger partial charge in [0.05, 0.1) is 5.75 Å². The topological polar surface area (TPSA) is 58.2 Å². The van der Waals surface area contributed by atoms with Crippen LogP contribution >= 0.6 is 0 Å². The molecular formula is C16H28N2O2S. The van der Waals surface area contributed by atoms with Crippen molar-refractivity contribution < 1.29 is 8.42 Å². The molecule has 0 unspecified atom stereocenters. The van der Waals surface area contributed by atoms with Crippen molar-refractivity contribution in [2.45, 2.75) is 51.8 Å². The lowest BCUT2D eigenvalue weighted by Gasteiger charge is -2.08. The Bertz CT molecular complexity index is 484. The second-order valence-corrected chi connectivity index (χ2v) is 7.16. The summed E-state index contributed by atoms with van der Waals surface area (Å²) in [6.07, 6.45) is 4.16. The summed E-state index contributed by atoms with van der Waals surface area (Å²) in [4.78, 5) is 0. The zero-order valence-electron chi connectivity index (χ0n) is 13.2. The third-order valence-corrected chi connectivity index (χ3v) is 4.60. The van der Waals surface area contributed by atoms with Crippen molar-refractivity contribution in [1.29, 1.82) is 0 Å². The Balaban J connectivity index is 2.43. The average molecular weight is 312 g/mol. The molecule has 0 aromatic heterocycles. The molecule has 21 heavy (non-hydrogen) atoms. The van der Waals surface area contributed by atoms with E-state index in [0.717, 1.165) is 44.3 Å². The lowest BCUT2D eigenvalue weighted by molar-refractivity contribution is 0.575. The lowest BCUT2D eigenvalue weighted by atomic mass is 10.1. The first-order valence-corrected chi connectivity index (χ1v) is 9.48. The van der Waals surface area contributed by atoms with Gasteiger partial charge in [0, 0.05) is 13.1 Å². The molecule has 0 aliphatic carbocycles. The Morgan fingerprint density at radius 1 is 0.905 bits per heavy atom. The number of sulfonamides is 1. The molecular weight excluding hydrogens is 284 g/mol. The van der Waals surface area contributed by atoms with Crippen molar-refractivity contribution in [1.82, 2.24) is 10.0 Å². The second-order valence-electron chi connectivity index (χ2n) is 5.35. The highest BCUT2D eigenvalue weighted by atomic mass is 32.2. The minimum atomic E-state index is -3.21. The molecule has 0 saturated carbocycles. The molecule has 4 nitrogen and oxygen atoms in total. The highest BCUT2D eigenvalue weighted by Gasteiger charge is 2.10. The third kappa shape index (κ3) is 8.19. The van der Waals surface area contributed by atoms with E-state index in [4.69, 9.17) is 0 Å². The van der Waals surface area contributed by atoms with Crippen molar-refractivity contribution in [3.05, 3.63) is 35.4 Å². The lowest BCUT2D eigenvalue weighted by Crippen LogP contribution is -2.26. The van der Waals surface area contributed by atoms with Crippen molar-refractivity contribution in [2.24, 2.45) is 0 Å². The third-order valence-electron chi connectivity index (χ3n) is 3.24. The van der Waals surface area contributed by atoms with Crippen LogP contribution in [0.5, 0.6) is 0 Å². The van der Waals surface area contributed by atoms with E-state index in [-0.39, 0.29) is 5.75 Å². The Hall–Kier alpha value is -0.910. The predicted molar refractivity (Wildman–Crippen MR) is 88.6 cm³/mol. The molecule has 1 aromatic carbocycles. The molecule has 0 saturated heterocycles. The van der Waals surface area contributed by atoms with Crippen LogP contribution in [0.3, 0.4) is 0 Å². The van der Waals surface area contributed by atoms with Crippen LogP contribution in [-0.4, -0.2) is 21.5 Å². The number of hydrogen-bond donors (Lipinski definition) is 2. The summed E-state index contributed by atoms with van der Waals surface area (Å²) in [5.41, 5.74) is 2.01. The maximum absolute atomic E-state index is 11.9. The van der Waals surface area contributed by atoms with Gasteiger partial charge in [0.25, 0.3) is 0 Å². The SMILES string of the molecule is CCCCCNS(=O)(=O)Cc1ccc(CNCCC)cc1. The Morgan fingerprint density at radius 3 is 2.19 bits per heavy atom. The van der Waals surface area contributed by atoms with Gasteiger partial charge in [-0.3, -0.25) is 0 Å². The maximum Gasteiger partial charge on any atom is 0.215 e. The molecule has 1 rings (SSSR count). The summed E-state index contributed by atoms with van der Waals surface area (Å²) in [5, 5.41) is 3.33. The number of benzene rings is 1. The van der Waals surface area contributed by atoms with E-state index >= 15 is 0 Å². The fraction of sp³-hybridized carbons (Fsp3) is 0.625. The molecule has 0 aliphatic rings. The number of hydrogen-bond acceptors (Lipinski definition) is 3. The van der Waals surface area contributed by atoms with Crippen LogP contribution in [0.15, 0.2) is 24.3 Å². The first-order valence-electron chi connectivity index (χ1n) is 7.83. The quantitative estimate of drug-likeness (QED) is 0.618. The van der Waals surface area contributed by atoms with E-state index in [1.165, 1.54) is 5.56 Å². The number of nitrogens with one attached hydrogen (secondary N) is 2. The van der Waals surface area contributed by atoms with Crippen molar-refractivity contribution >= 4 is 10.0 Å². The molecule has 120 valence electrons. The summed E-state index contributed by atoms with van der Waals surface area (Å²) in [6.45, 7) is 6.60. The minimum absolute atomic E-state index is 0.0573. The van der Waals surface area contributed by atoms with Crippen LogP contribution in [0.1, 0.15) is 50.7 Å². The van der Waals surface area contributed by atoms with Crippen molar-refractivity contribution in [3.8, 4) is 0 Å². The molecule has 0 bridgehead atoms. The predicted octanol–water partition coefficient (Wildman–Crippen LogP) is 2.80. The van der Waals surface area contributed by atoms with E-state index in [1.807, 2.05) is 24.3 Å². The summed E-state index contributed by atoms with van der Waals surface area (Å²) in [6, 6.07) is 7.78. The van der Waals surface area contributed by atoms with Crippen LogP contribution in [0, 0.1) is 0 Å². The summed E-state index contributed by atoms with van der Waals surface area (Å²) in [5.74, 6) is 0.0573. The molecule has 0 atom stereocenters. The van der Waals surface area contributed by atoms with Crippen molar-refractivity contribution in [2.75, 3.05) is 13.1 Å². The summed E-state index contributed by atoms with van der Waals surface area (Å²) < 4.78 is 26.5. The standard InChI is InChI=1S/C16H28N2O2S/c1-3-5-6-12-18-21(19,20)14-16-9-7-15(8-10-16)13-17-11-4-2/h7-10,17-18H,3-6,11-14H2,1-2H3. The molecule has 0 radical (unpaired) electrons. The van der Waals surface area contributed by atoms with E-state index in [1.54, 1.807) is 0 Å². The number of unbranched alkanes of at least 4 members (excludes halogenated alkanes) is 2. The van der Waals surface area contributed by atoms with Crippen LogP contribution in [0.4, 0.5) is 0 Å².